The number of thioether (sulfide) groups is 1. The molecule has 1 saturated heterocycles. The van der Waals surface area contributed by atoms with Crippen LogP contribution in [0.3, 0.4) is 0 Å². The zero-order valence-electron chi connectivity index (χ0n) is 8.77. The van der Waals surface area contributed by atoms with Crippen LogP contribution in [0.25, 0.3) is 0 Å². The molecule has 0 radical (unpaired) electrons. The lowest BCUT2D eigenvalue weighted by molar-refractivity contribution is -0.149. The first-order valence-corrected chi connectivity index (χ1v) is 6.07. The first kappa shape index (κ1) is 12.3. The first-order valence-electron chi connectivity index (χ1n) is 4.92. The van der Waals surface area contributed by atoms with Crippen LogP contribution in [0, 0.1) is 0 Å². The van der Waals surface area contributed by atoms with Crippen molar-refractivity contribution in [2.45, 2.75) is 13.0 Å². The molecule has 86 valence electrons. The number of carbonyl (C=O) groups excluding carboxylic acids is 2. The second-order valence-electron chi connectivity index (χ2n) is 3.28. The van der Waals surface area contributed by atoms with E-state index in [-0.39, 0.29) is 18.6 Å². The van der Waals surface area contributed by atoms with Crippen LogP contribution in [-0.4, -0.2) is 54.0 Å². The molecule has 1 rings (SSSR count). The lowest BCUT2D eigenvalue weighted by atomic mass is 10.2. The SMILES string of the molecule is CCOC(=O)C1CSCCN1CC(N)=O. The van der Waals surface area contributed by atoms with E-state index >= 15 is 0 Å². The number of hydrogen-bond acceptors (Lipinski definition) is 5. The van der Waals surface area contributed by atoms with E-state index in [1.54, 1.807) is 23.6 Å². The number of ether oxygens (including phenoxy) is 1. The van der Waals surface area contributed by atoms with Gasteiger partial charge in [0.15, 0.2) is 0 Å². The number of primary amides is 1. The Morgan fingerprint density at radius 2 is 2.33 bits per heavy atom. The van der Waals surface area contributed by atoms with Gasteiger partial charge < -0.3 is 10.5 Å². The average Bonchev–Trinajstić information content (AvgIpc) is 2.18. The molecule has 1 amide bonds. The molecule has 1 aliphatic rings. The van der Waals surface area contributed by atoms with E-state index in [0.717, 1.165) is 5.75 Å². The number of amides is 1. The fraction of sp³-hybridized carbons (Fsp3) is 0.778. The molecular formula is C9H16N2O3S. The van der Waals surface area contributed by atoms with Gasteiger partial charge in [-0.15, -0.1) is 0 Å². The summed E-state index contributed by atoms with van der Waals surface area (Å²) in [5, 5.41) is 0. The normalized spacial score (nSPS) is 22.3. The van der Waals surface area contributed by atoms with Crippen molar-refractivity contribution >= 4 is 23.6 Å². The minimum absolute atomic E-state index is 0.129. The van der Waals surface area contributed by atoms with E-state index in [0.29, 0.717) is 18.9 Å². The highest BCUT2D eigenvalue weighted by atomic mass is 32.2. The van der Waals surface area contributed by atoms with Crippen LogP contribution in [0.5, 0.6) is 0 Å². The van der Waals surface area contributed by atoms with Gasteiger partial charge in [-0.2, -0.15) is 11.8 Å². The molecule has 1 heterocycles. The van der Waals surface area contributed by atoms with Gasteiger partial charge in [-0.05, 0) is 6.92 Å². The third-order valence-corrected chi connectivity index (χ3v) is 3.18. The Hall–Kier alpha value is -0.750. The van der Waals surface area contributed by atoms with Crippen molar-refractivity contribution in [3.05, 3.63) is 0 Å². The maximum Gasteiger partial charge on any atom is 0.324 e. The summed E-state index contributed by atoms with van der Waals surface area (Å²) < 4.78 is 4.95. The van der Waals surface area contributed by atoms with Crippen molar-refractivity contribution in [1.82, 2.24) is 4.90 Å². The standard InChI is InChI=1S/C9H16N2O3S/c1-2-14-9(13)7-6-15-4-3-11(7)5-8(10)12/h7H,2-6H2,1H3,(H2,10,12). The van der Waals surface area contributed by atoms with Crippen LogP contribution in [0.2, 0.25) is 0 Å². The van der Waals surface area contributed by atoms with Gasteiger partial charge in [0.05, 0.1) is 13.2 Å². The lowest BCUT2D eigenvalue weighted by Gasteiger charge is -2.32. The first-order chi connectivity index (χ1) is 7.15. The highest BCUT2D eigenvalue weighted by molar-refractivity contribution is 7.99. The Morgan fingerprint density at radius 1 is 1.60 bits per heavy atom. The van der Waals surface area contributed by atoms with Gasteiger partial charge in [0.25, 0.3) is 0 Å². The van der Waals surface area contributed by atoms with Crippen molar-refractivity contribution < 1.29 is 14.3 Å². The van der Waals surface area contributed by atoms with Gasteiger partial charge in [-0.25, -0.2) is 0 Å². The van der Waals surface area contributed by atoms with E-state index in [4.69, 9.17) is 10.5 Å². The fourth-order valence-corrected chi connectivity index (χ4v) is 2.58. The Bertz CT molecular complexity index is 248. The predicted molar refractivity (Wildman–Crippen MR) is 58.5 cm³/mol. The second kappa shape index (κ2) is 5.97. The van der Waals surface area contributed by atoms with Crippen molar-refractivity contribution in [3.8, 4) is 0 Å². The highest BCUT2D eigenvalue weighted by Crippen LogP contribution is 2.17. The van der Waals surface area contributed by atoms with Gasteiger partial charge >= 0.3 is 5.97 Å². The van der Waals surface area contributed by atoms with Gasteiger partial charge in [-0.3, -0.25) is 14.5 Å². The molecule has 2 N–H and O–H groups in total. The summed E-state index contributed by atoms with van der Waals surface area (Å²) in [5.74, 6) is 0.928. The molecule has 1 aliphatic heterocycles. The minimum Gasteiger partial charge on any atom is -0.465 e. The number of nitrogens with zero attached hydrogens (tertiary/aromatic N) is 1. The second-order valence-corrected chi connectivity index (χ2v) is 4.43. The third kappa shape index (κ3) is 3.71. The largest absolute Gasteiger partial charge is 0.465 e. The van der Waals surface area contributed by atoms with Crippen LogP contribution in [0.1, 0.15) is 6.92 Å². The fourth-order valence-electron chi connectivity index (χ4n) is 1.48. The summed E-state index contributed by atoms with van der Waals surface area (Å²) in [4.78, 5) is 24.2. The number of rotatable bonds is 4. The summed E-state index contributed by atoms with van der Waals surface area (Å²) in [5.41, 5.74) is 5.12. The molecule has 0 saturated carbocycles. The molecule has 0 aromatic rings. The molecule has 1 fully saturated rings. The van der Waals surface area contributed by atoms with Crippen LogP contribution in [0.4, 0.5) is 0 Å². The molecule has 0 spiro atoms. The van der Waals surface area contributed by atoms with Crippen LogP contribution >= 0.6 is 11.8 Å². The highest BCUT2D eigenvalue weighted by Gasteiger charge is 2.30. The number of nitrogens with two attached hydrogens (primary N) is 1. The number of carbonyl (C=O) groups is 2. The molecular weight excluding hydrogens is 216 g/mol. The van der Waals surface area contributed by atoms with Gasteiger partial charge in [0, 0.05) is 18.1 Å². The van der Waals surface area contributed by atoms with Gasteiger partial charge in [0.1, 0.15) is 6.04 Å². The van der Waals surface area contributed by atoms with Crippen LogP contribution in [-0.2, 0) is 14.3 Å². The predicted octanol–water partition coefficient (Wildman–Crippen LogP) is -0.548. The molecule has 0 aromatic carbocycles. The zero-order valence-corrected chi connectivity index (χ0v) is 9.59. The summed E-state index contributed by atoms with van der Waals surface area (Å²) in [7, 11) is 0. The maximum atomic E-state index is 11.6. The van der Waals surface area contributed by atoms with E-state index in [1.807, 2.05) is 0 Å². The smallest absolute Gasteiger partial charge is 0.324 e. The molecule has 6 heteroatoms. The van der Waals surface area contributed by atoms with Crippen LogP contribution < -0.4 is 5.73 Å². The molecule has 5 nitrogen and oxygen atoms in total. The summed E-state index contributed by atoms with van der Waals surface area (Å²) in [6.07, 6.45) is 0. The Balaban J connectivity index is 2.56. The summed E-state index contributed by atoms with van der Waals surface area (Å²) in [6.45, 7) is 2.97. The van der Waals surface area contributed by atoms with E-state index in [1.165, 1.54) is 0 Å². The monoisotopic (exact) mass is 232 g/mol. The van der Waals surface area contributed by atoms with Gasteiger partial charge in [0.2, 0.25) is 5.91 Å². The molecule has 0 aliphatic carbocycles. The molecule has 1 atom stereocenters. The van der Waals surface area contributed by atoms with Crippen molar-refractivity contribution in [1.29, 1.82) is 0 Å². The Labute approximate surface area is 93.3 Å². The molecule has 0 bridgehead atoms. The molecule has 15 heavy (non-hydrogen) atoms. The number of hydrogen-bond donors (Lipinski definition) is 1. The zero-order chi connectivity index (χ0) is 11.3. The minimum atomic E-state index is -0.406. The topological polar surface area (TPSA) is 72.6 Å². The Kier molecular flexibility index (Phi) is 4.90. The van der Waals surface area contributed by atoms with Crippen molar-refractivity contribution in [3.63, 3.8) is 0 Å². The van der Waals surface area contributed by atoms with E-state index in [9.17, 15) is 9.59 Å². The molecule has 0 aromatic heterocycles. The number of esters is 1. The van der Waals surface area contributed by atoms with Crippen molar-refractivity contribution in [2.24, 2.45) is 5.73 Å². The quantitative estimate of drug-likeness (QED) is 0.659. The van der Waals surface area contributed by atoms with E-state index < -0.39 is 5.91 Å². The maximum absolute atomic E-state index is 11.6. The van der Waals surface area contributed by atoms with E-state index in [2.05, 4.69) is 0 Å². The van der Waals surface area contributed by atoms with Crippen LogP contribution in [0.15, 0.2) is 0 Å². The Morgan fingerprint density at radius 3 is 2.93 bits per heavy atom. The third-order valence-electron chi connectivity index (χ3n) is 2.16. The molecule has 1 unspecified atom stereocenters. The van der Waals surface area contributed by atoms with Gasteiger partial charge in [-0.1, -0.05) is 0 Å². The summed E-state index contributed by atoms with van der Waals surface area (Å²) >= 11 is 1.69. The lowest BCUT2D eigenvalue weighted by Crippen LogP contribution is -2.50. The summed E-state index contributed by atoms with van der Waals surface area (Å²) in [6, 6.07) is -0.323. The van der Waals surface area contributed by atoms with Crippen molar-refractivity contribution in [2.75, 3.05) is 31.2 Å². The average molecular weight is 232 g/mol.